The molecule has 0 fully saturated rings. The van der Waals surface area contributed by atoms with Gasteiger partial charge in [0.1, 0.15) is 39.0 Å². The van der Waals surface area contributed by atoms with Gasteiger partial charge in [-0.15, -0.1) is 34.9 Å². The zero-order chi connectivity index (χ0) is 46.7. The van der Waals surface area contributed by atoms with Gasteiger partial charge in [-0.2, -0.15) is 0 Å². The molecule has 0 saturated carbocycles. The van der Waals surface area contributed by atoms with Crippen molar-refractivity contribution in [3.05, 3.63) is 136 Å². The molecule has 1 aliphatic heterocycles. The number of carbonyl (C=O) groups is 4. The average Bonchev–Trinajstić information content (AvgIpc) is 3.87. The molecule has 10 nitrogen and oxygen atoms in total. The van der Waals surface area contributed by atoms with Gasteiger partial charge in [-0.3, -0.25) is 19.4 Å². The van der Waals surface area contributed by atoms with Gasteiger partial charge in [0.25, 0.3) is 0 Å². The Hall–Kier alpha value is -4.50. The van der Waals surface area contributed by atoms with Gasteiger partial charge in [-0.05, 0) is 75.0 Å². The zero-order valence-electron chi connectivity index (χ0n) is 38.5. The number of esters is 2. The number of benzene rings is 3. The largest absolute Gasteiger partial charge is 0.481 e. The summed E-state index contributed by atoms with van der Waals surface area (Å²) in [7, 11) is -1.67. The standard InChI is InChI=1S/C50H63N3O7S3Si/c1-34(2)43(52-47(58)49(6)33-62-44(53-49)39-32-61-41(51-39)31-42(54)60-48(3,4)5)46(57)59-40(38(45(55)56)28-30-64(7,8)9)27-19-20-29-63-50(35-21-13-10-14-22-35,36-23-15-11-16-24-36)37-25-17-12-18-26-37/h10-19,21-27,32,34,38,40,43H,20,28-31,33H2,1-9H3,(H,52,58)(H,55,56)/t38?,40-,43-,49-/m0/s1. The van der Waals surface area contributed by atoms with Crippen molar-refractivity contribution in [2.24, 2.45) is 16.8 Å². The minimum atomic E-state index is -1.67. The number of amides is 1. The third-order valence-electron chi connectivity index (χ3n) is 10.7. The normalized spacial score (nSPS) is 17.1. The lowest BCUT2D eigenvalue weighted by Gasteiger charge is -2.35. The van der Waals surface area contributed by atoms with E-state index >= 15 is 0 Å². The Labute approximate surface area is 392 Å². The summed E-state index contributed by atoms with van der Waals surface area (Å²) in [5.41, 5.74) is 2.19. The van der Waals surface area contributed by atoms with E-state index in [0.717, 1.165) is 22.7 Å². The van der Waals surface area contributed by atoms with Gasteiger partial charge in [-0.1, -0.05) is 137 Å². The second-order valence-corrected chi connectivity index (χ2v) is 27.7. The Morgan fingerprint density at radius 1 is 0.922 bits per heavy atom. The summed E-state index contributed by atoms with van der Waals surface area (Å²) in [6.07, 6.45) is 3.55. The van der Waals surface area contributed by atoms with E-state index in [-0.39, 0.29) is 18.3 Å². The van der Waals surface area contributed by atoms with Crippen molar-refractivity contribution in [3.8, 4) is 0 Å². The summed E-state index contributed by atoms with van der Waals surface area (Å²) in [5, 5.41) is 16.5. The Bertz CT molecular complexity index is 2160. The Morgan fingerprint density at radius 3 is 1.98 bits per heavy atom. The van der Waals surface area contributed by atoms with Crippen molar-refractivity contribution in [1.29, 1.82) is 0 Å². The highest BCUT2D eigenvalue weighted by Gasteiger charge is 2.43. The summed E-state index contributed by atoms with van der Waals surface area (Å²) in [6, 6.07) is 31.0. The molecule has 4 atom stereocenters. The molecule has 2 N–H and O–H groups in total. The van der Waals surface area contributed by atoms with Gasteiger partial charge in [-0.25, -0.2) is 9.78 Å². The number of rotatable bonds is 21. The van der Waals surface area contributed by atoms with E-state index in [9.17, 15) is 24.3 Å². The quantitative estimate of drug-likeness (QED) is 0.0272. The second-order valence-electron chi connectivity index (χ2n) is 18.9. The summed E-state index contributed by atoms with van der Waals surface area (Å²) in [6.45, 7) is 17.3. The van der Waals surface area contributed by atoms with E-state index in [0.29, 0.717) is 40.1 Å². The molecular formula is C50H63N3O7S3Si. The number of allylic oxidation sites excluding steroid dienone is 1. The maximum absolute atomic E-state index is 14.2. The van der Waals surface area contributed by atoms with Crippen LogP contribution < -0.4 is 5.32 Å². The first-order valence-corrected chi connectivity index (χ1v) is 28.4. The number of hydrogen-bond donors (Lipinski definition) is 2. The van der Waals surface area contributed by atoms with Crippen molar-refractivity contribution in [2.75, 3.05) is 11.5 Å². The fraction of sp³-hybridized carbons (Fsp3) is 0.440. The van der Waals surface area contributed by atoms with Crippen molar-refractivity contribution < 1.29 is 33.8 Å². The molecular weight excluding hydrogens is 879 g/mol. The van der Waals surface area contributed by atoms with Gasteiger partial charge in [0.05, 0.1) is 17.1 Å². The molecule has 3 aromatic carbocycles. The number of carboxylic acids is 1. The van der Waals surface area contributed by atoms with Crippen molar-refractivity contribution >= 4 is 71.8 Å². The summed E-state index contributed by atoms with van der Waals surface area (Å²) >= 11 is 4.51. The van der Waals surface area contributed by atoms with Crippen LogP contribution >= 0.6 is 34.9 Å². The highest BCUT2D eigenvalue weighted by Crippen LogP contribution is 2.48. The number of nitrogens with zero attached hydrogens (tertiary/aromatic N) is 2. The average molecular weight is 942 g/mol. The fourth-order valence-electron chi connectivity index (χ4n) is 7.29. The lowest BCUT2D eigenvalue weighted by Crippen LogP contribution is -2.53. The monoisotopic (exact) mass is 941 g/mol. The molecule has 4 aromatic rings. The van der Waals surface area contributed by atoms with Crippen LogP contribution in [0.15, 0.2) is 114 Å². The summed E-state index contributed by atoms with van der Waals surface area (Å²) < 4.78 is 11.1. The molecule has 1 unspecified atom stereocenters. The number of aromatic nitrogens is 1. The first-order chi connectivity index (χ1) is 30.2. The Kier molecular flexibility index (Phi) is 17.5. The van der Waals surface area contributed by atoms with Crippen LogP contribution in [0.4, 0.5) is 0 Å². The van der Waals surface area contributed by atoms with Crippen molar-refractivity contribution in [1.82, 2.24) is 10.3 Å². The van der Waals surface area contributed by atoms with Crippen LogP contribution in [-0.4, -0.2) is 81.8 Å². The van der Waals surface area contributed by atoms with E-state index < -0.39 is 59.9 Å². The third kappa shape index (κ3) is 13.8. The molecule has 0 bridgehead atoms. The predicted molar refractivity (Wildman–Crippen MR) is 265 cm³/mol. The molecule has 64 heavy (non-hydrogen) atoms. The molecule has 0 spiro atoms. The van der Waals surface area contributed by atoms with Gasteiger partial charge >= 0.3 is 17.9 Å². The van der Waals surface area contributed by atoms with Crippen LogP contribution in [-0.2, 0) is 39.8 Å². The highest BCUT2D eigenvalue weighted by molar-refractivity contribution is 8.14. The first kappa shape index (κ1) is 50.5. The number of ether oxygens (including phenoxy) is 2. The number of thioether (sulfide) groups is 2. The molecule has 2 heterocycles. The topological polar surface area (TPSA) is 144 Å². The summed E-state index contributed by atoms with van der Waals surface area (Å²) in [5.74, 6) is -2.93. The van der Waals surface area contributed by atoms with Crippen LogP contribution in [0.2, 0.25) is 25.7 Å². The molecule has 5 rings (SSSR count). The molecule has 1 aliphatic rings. The lowest BCUT2D eigenvalue weighted by atomic mass is 9.84. The van der Waals surface area contributed by atoms with Crippen LogP contribution in [0.25, 0.3) is 0 Å². The minimum absolute atomic E-state index is 0.0311. The second kappa shape index (κ2) is 22.1. The number of carbonyl (C=O) groups excluding carboxylic acids is 3. The Morgan fingerprint density at radius 2 is 1.48 bits per heavy atom. The Balaban J connectivity index is 1.34. The number of aliphatic imine (C=N–C) groups is 1. The van der Waals surface area contributed by atoms with Crippen molar-refractivity contribution in [2.45, 2.75) is 115 Å². The van der Waals surface area contributed by atoms with Gasteiger partial charge in [0.2, 0.25) is 5.91 Å². The van der Waals surface area contributed by atoms with Crippen LogP contribution in [0.3, 0.4) is 0 Å². The van der Waals surface area contributed by atoms with E-state index in [2.05, 4.69) is 103 Å². The maximum atomic E-state index is 14.2. The molecule has 0 saturated heterocycles. The predicted octanol–water partition coefficient (Wildman–Crippen LogP) is 10.4. The fourth-order valence-corrected chi connectivity index (χ4v) is 11.9. The number of thiazole rings is 1. The lowest BCUT2D eigenvalue weighted by molar-refractivity contribution is -0.159. The highest BCUT2D eigenvalue weighted by atomic mass is 32.2. The molecule has 0 radical (unpaired) electrons. The van der Waals surface area contributed by atoms with Gasteiger partial charge in [0.15, 0.2) is 0 Å². The van der Waals surface area contributed by atoms with Crippen LogP contribution in [0.5, 0.6) is 0 Å². The SMILES string of the molecule is CC(C)[C@H](NC(=O)[C@]1(C)CSC(c2csc(CC(=O)OC(C)(C)C)n2)=N1)C(=O)O[C@@H](C=CCCSC(c1ccccc1)(c1ccccc1)c1ccccc1)C(CC[Si](C)(C)C)C(=O)O. The summed E-state index contributed by atoms with van der Waals surface area (Å²) in [4.78, 5) is 62.9. The number of nitrogens with one attached hydrogen (secondary N) is 1. The maximum Gasteiger partial charge on any atom is 0.329 e. The van der Waals surface area contributed by atoms with E-state index in [4.69, 9.17) is 14.5 Å². The van der Waals surface area contributed by atoms with Gasteiger partial charge < -0.3 is 19.9 Å². The third-order valence-corrected chi connectivity index (χ3v) is 16.2. The van der Waals surface area contributed by atoms with Crippen LogP contribution in [0, 0.1) is 11.8 Å². The minimum Gasteiger partial charge on any atom is -0.481 e. The number of aliphatic carboxylic acids is 1. The molecule has 1 amide bonds. The molecule has 1 aromatic heterocycles. The smallest absolute Gasteiger partial charge is 0.329 e. The molecule has 14 heteroatoms. The first-order valence-electron chi connectivity index (χ1n) is 21.8. The molecule has 0 aliphatic carbocycles. The number of hydrogen-bond acceptors (Lipinski definition) is 11. The zero-order valence-corrected chi connectivity index (χ0v) is 41.9. The van der Waals surface area contributed by atoms with E-state index in [1.807, 2.05) is 64.3 Å². The van der Waals surface area contributed by atoms with E-state index in [1.54, 1.807) is 24.8 Å². The van der Waals surface area contributed by atoms with E-state index in [1.165, 1.54) is 23.1 Å². The van der Waals surface area contributed by atoms with Gasteiger partial charge in [0, 0.05) is 19.2 Å². The number of carboxylic acid groups (broad SMARTS) is 1. The van der Waals surface area contributed by atoms with Crippen molar-refractivity contribution in [3.63, 3.8) is 0 Å². The van der Waals surface area contributed by atoms with Crippen LogP contribution in [0.1, 0.15) is 81.8 Å². The molecule has 342 valence electrons.